The van der Waals surface area contributed by atoms with Gasteiger partial charge < -0.3 is 5.32 Å². The Morgan fingerprint density at radius 2 is 1.96 bits per heavy atom. The summed E-state index contributed by atoms with van der Waals surface area (Å²) in [6.45, 7) is 5.64. The van der Waals surface area contributed by atoms with E-state index in [1.165, 1.54) is 10.5 Å². The van der Waals surface area contributed by atoms with Gasteiger partial charge >= 0.3 is 0 Å². The summed E-state index contributed by atoms with van der Waals surface area (Å²) in [6.07, 6.45) is 2.99. The minimum atomic E-state index is -3.48. The van der Waals surface area contributed by atoms with Crippen LogP contribution in [0.5, 0.6) is 0 Å². The molecule has 1 aromatic heterocycles. The van der Waals surface area contributed by atoms with Gasteiger partial charge in [-0.3, -0.25) is 0 Å². The molecule has 1 unspecified atom stereocenters. The number of piperazine rings is 1. The fourth-order valence-corrected chi connectivity index (χ4v) is 4.01. The number of nitrogens with zero attached hydrogens (tertiary/aromatic N) is 3. The zero-order chi connectivity index (χ0) is 15.7. The topological polar surface area (TPSA) is 67.2 Å². The van der Waals surface area contributed by atoms with Crippen LogP contribution in [0, 0.1) is 6.92 Å². The van der Waals surface area contributed by atoms with Crippen LogP contribution in [-0.2, 0) is 10.0 Å². The summed E-state index contributed by atoms with van der Waals surface area (Å²) in [4.78, 5) is 0.238. The molecular weight excluding hydrogens is 336 g/mol. The van der Waals surface area contributed by atoms with Gasteiger partial charge in [0.2, 0.25) is 10.0 Å². The Morgan fingerprint density at radius 3 is 2.61 bits per heavy atom. The minimum absolute atomic E-state index is 0. The molecule has 3 rings (SSSR count). The summed E-state index contributed by atoms with van der Waals surface area (Å²) >= 11 is 0. The van der Waals surface area contributed by atoms with E-state index in [4.69, 9.17) is 0 Å². The Labute approximate surface area is 143 Å². The van der Waals surface area contributed by atoms with Crippen LogP contribution >= 0.6 is 12.4 Å². The lowest BCUT2D eigenvalue weighted by Gasteiger charge is -2.30. The number of benzene rings is 1. The number of hydrogen-bond donors (Lipinski definition) is 1. The molecule has 1 N–H and O–H groups in total. The van der Waals surface area contributed by atoms with Gasteiger partial charge in [-0.1, -0.05) is 17.7 Å². The first-order valence-corrected chi connectivity index (χ1v) is 8.76. The molecule has 1 fully saturated rings. The quantitative estimate of drug-likeness (QED) is 0.906. The highest BCUT2D eigenvalue weighted by Gasteiger charge is 2.29. The van der Waals surface area contributed by atoms with Crippen molar-refractivity contribution in [2.75, 3.05) is 19.6 Å². The first-order chi connectivity index (χ1) is 10.5. The van der Waals surface area contributed by atoms with Crippen molar-refractivity contribution >= 4 is 22.4 Å². The smallest absolute Gasteiger partial charge is 0.246 e. The second-order valence-electron chi connectivity index (χ2n) is 5.67. The van der Waals surface area contributed by atoms with Crippen LogP contribution in [0.4, 0.5) is 0 Å². The first-order valence-electron chi connectivity index (χ1n) is 7.32. The van der Waals surface area contributed by atoms with E-state index in [1.807, 2.05) is 38.1 Å². The highest BCUT2D eigenvalue weighted by molar-refractivity contribution is 7.89. The molecule has 1 atom stereocenters. The number of hydrogen-bond acceptors (Lipinski definition) is 4. The molecule has 1 aliphatic rings. The normalized spacial score (nSPS) is 19.3. The summed E-state index contributed by atoms with van der Waals surface area (Å²) in [5.74, 6) is 0. The van der Waals surface area contributed by atoms with E-state index < -0.39 is 10.0 Å². The highest BCUT2D eigenvalue weighted by atomic mass is 35.5. The third kappa shape index (κ3) is 3.74. The number of rotatable bonds is 3. The molecule has 2 aromatic rings. The molecule has 0 amide bonds. The van der Waals surface area contributed by atoms with Gasteiger partial charge in [0.05, 0.1) is 18.1 Å². The van der Waals surface area contributed by atoms with Crippen molar-refractivity contribution in [2.24, 2.45) is 0 Å². The predicted octanol–water partition coefficient (Wildman–Crippen LogP) is 1.58. The van der Waals surface area contributed by atoms with Gasteiger partial charge in [0.25, 0.3) is 0 Å². The zero-order valence-corrected chi connectivity index (χ0v) is 14.8. The molecule has 23 heavy (non-hydrogen) atoms. The third-order valence-corrected chi connectivity index (χ3v) is 5.64. The number of aryl methyl sites for hydroxylation is 1. The Kier molecular flexibility index (Phi) is 5.46. The molecule has 0 saturated carbocycles. The molecule has 0 bridgehead atoms. The van der Waals surface area contributed by atoms with Crippen molar-refractivity contribution in [1.29, 1.82) is 0 Å². The van der Waals surface area contributed by atoms with Crippen LogP contribution in [0.3, 0.4) is 0 Å². The number of nitrogens with one attached hydrogen (secondary N) is 1. The number of aromatic nitrogens is 2. The van der Waals surface area contributed by atoms with E-state index in [9.17, 15) is 8.42 Å². The molecule has 6 nitrogen and oxygen atoms in total. The number of sulfonamides is 1. The maximum Gasteiger partial charge on any atom is 0.246 e. The summed E-state index contributed by atoms with van der Waals surface area (Å²) in [5, 5.41) is 7.44. The van der Waals surface area contributed by atoms with E-state index in [-0.39, 0.29) is 23.3 Å². The second kappa shape index (κ2) is 7.00. The Morgan fingerprint density at radius 1 is 1.26 bits per heavy atom. The maximum absolute atomic E-state index is 12.7. The lowest BCUT2D eigenvalue weighted by atomic mass is 10.2. The zero-order valence-electron chi connectivity index (χ0n) is 13.1. The predicted molar refractivity (Wildman–Crippen MR) is 91.8 cm³/mol. The largest absolute Gasteiger partial charge is 0.312 e. The van der Waals surface area contributed by atoms with Gasteiger partial charge in [0.15, 0.2) is 0 Å². The van der Waals surface area contributed by atoms with Crippen LogP contribution in [-0.4, -0.2) is 48.2 Å². The molecule has 126 valence electrons. The van der Waals surface area contributed by atoms with Gasteiger partial charge in [-0.15, -0.1) is 12.4 Å². The summed E-state index contributed by atoms with van der Waals surface area (Å²) in [5.41, 5.74) is 2.00. The highest BCUT2D eigenvalue weighted by Crippen LogP contribution is 2.18. The maximum atomic E-state index is 12.7. The third-order valence-electron chi connectivity index (χ3n) is 3.83. The molecule has 1 aromatic carbocycles. The van der Waals surface area contributed by atoms with Gasteiger partial charge in [-0.05, 0) is 26.0 Å². The monoisotopic (exact) mass is 356 g/mol. The Hall–Kier alpha value is -1.41. The van der Waals surface area contributed by atoms with E-state index in [2.05, 4.69) is 10.4 Å². The first kappa shape index (κ1) is 17.9. The van der Waals surface area contributed by atoms with E-state index in [0.717, 1.165) is 11.3 Å². The lowest BCUT2D eigenvalue weighted by molar-refractivity contribution is 0.310. The van der Waals surface area contributed by atoms with Crippen molar-refractivity contribution in [3.63, 3.8) is 0 Å². The average Bonchev–Trinajstić information content (AvgIpc) is 2.98. The van der Waals surface area contributed by atoms with Crippen molar-refractivity contribution < 1.29 is 8.42 Å². The van der Waals surface area contributed by atoms with E-state index in [0.29, 0.717) is 19.6 Å². The van der Waals surface area contributed by atoms with Crippen LogP contribution in [0.1, 0.15) is 12.5 Å². The molecule has 8 heteroatoms. The molecule has 0 radical (unpaired) electrons. The fraction of sp³-hybridized carbons (Fsp3) is 0.400. The van der Waals surface area contributed by atoms with Crippen LogP contribution in [0.2, 0.25) is 0 Å². The fourth-order valence-electron chi connectivity index (χ4n) is 2.54. The molecule has 2 heterocycles. The van der Waals surface area contributed by atoms with E-state index in [1.54, 1.807) is 10.9 Å². The lowest BCUT2D eigenvalue weighted by Crippen LogP contribution is -2.51. The van der Waals surface area contributed by atoms with Crippen LogP contribution < -0.4 is 5.32 Å². The second-order valence-corrected chi connectivity index (χ2v) is 7.61. The van der Waals surface area contributed by atoms with Gasteiger partial charge in [-0.25, -0.2) is 13.1 Å². The van der Waals surface area contributed by atoms with Crippen molar-refractivity contribution in [3.8, 4) is 5.69 Å². The van der Waals surface area contributed by atoms with Gasteiger partial charge in [0.1, 0.15) is 4.90 Å². The minimum Gasteiger partial charge on any atom is -0.312 e. The molecule has 1 aliphatic heterocycles. The van der Waals surface area contributed by atoms with E-state index >= 15 is 0 Å². The van der Waals surface area contributed by atoms with Gasteiger partial charge in [0, 0.05) is 25.7 Å². The van der Waals surface area contributed by atoms with Crippen molar-refractivity contribution in [3.05, 3.63) is 42.2 Å². The van der Waals surface area contributed by atoms with Crippen molar-refractivity contribution in [1.82, 2.24) is 19.4 Å². The molecular formula is C15H21ClN4O2S. The Balaban J connectivity index is 0.00000192. The molecule has 0 spiro atoms. The number of halogens is 1. The van der Waals surface area contributed by atoms with Crippen LogP contribution in [0.15, 0.2) is 41.6 Å². The Bertz CT molecular complexity index is 758. The van der Waals surface area contributed by atoms with Crippen LogP contribution in [0.25, 0.3) is 5.69 Å². The van der Waals surface area contributed by atoms with Crippen molar-refractivity contribution in [2.45, 2.75) is 24.8 Å². The van der Waals surface area contributed by atoms with Gasteiger partial charge in [-0.2, -0.15) is 9.40 Å². The SMILES string of the molecule is Cc1ccc(-n2cc(S(=O)(=O)N3CCNC(C)C3)cn2)cc1.Cl. The standard InChI is InChI=1S/C15H20N4O2S.ClH/c1-12-3-5-14(6-4-12)19-11-15(9-17-19)22(20,21)18-8-7-16-13(2)10-18;/h3-6,9,11,13,16H,7-8,10H2,1-2H3;1H. The molecule has 1 saturated heterocycles. The molecule has 0 aliphatic carbocycles. The summed E-state index contributed by atoms with van der Waals surface area (Å²) < 4.78 is 28.5. The average molecular weight is 357 g/mol. The summed E-state index contributed by atoms with van der Waals surface area (Å²) in [6, 6.07) is 7.96. The summed E-state index contributed by atoms with van der Waals surface area (Å²) in [7, 11) is -3.48.